The van der Waals surface area contributed by atoms with E-state index in [4.69, 9.17) is 0 Å². The molecule has 0 radical (unpaired) electrons. The van der Waals surface area contributed by atoms with Crippen LogP contribution in [0.1, 0.15) is 18.2 Å². The second kappa shape index (κ2) is 3.76. The minimum Gasteiger partial charge on any atom is -0.293 e. The molecule has 0 saturated carbocycles. The molecule has 0 atom stereocenters. The number of benzene rings is 1. The normalized spacial score (nSPS) is 15.3. The van der Waals surface area contributed by atoms with Crippen LogP contribution in [0.4, 0.5) is 0 Å². The van der Waals surface area contributed by atoms with Crippen LogP contribution in [-0.4, -0.2) is 21.2 Å². The van der Waals surface area contributed by atoms with Crippen molar-refractivity contribution in [3.63, 3.8) is 0 Å². The number of rotatable bonds is 2. The number of fused-ring (bicyclic) bond motifs is 1. The van der Waals surface area contributed by atoms with E-state index in [0.717, 1.165) is 25.3 Å². The maximum Gasteiger partial charge on any atom is 0.0649 e. The molecule has 0 aliphatic carbocycles. The quantitative estimate of drug-likeness (QED) is 0.762. The van der Waals surface area contributed by atoms with Crippen LogP contribution in [0.5, 0.6) is 0 Å². The van der Waals surface area contributed by atoms with Crippen molar-refractivity contribution >= 4 is 0 Å². The Kier molecular flexibility index (Phi) is 2.26. The summed E-state index contributed by atoms with van der Waals surface area (Å²) in [4.78, 5) is 2.42. The molecule has 0 N–H and O–H groups in total. The highest BCUT2D eigenvalue weighted by Crippen LogP contribution is 2.24. The first-order valence-electron chi connectivity index (χ1n) is 5.72. The summed E-state index contributed by atoms with van der Waals surface area (Å²) in [6, 6.07) is 10.3. The first-order valence-corrected chi connectivity index (χ1v) is 5.72. The van der Waals surface area contributed by atoms with Gasteiger partial charge in [-0.2, -0.15) is 5.10 Å². The SMILES string of the molecule is CCN1Cc2cnn(-c3ccccc3)c2C1. The van der Waals surface area contributed by atoms with Gasteiger partial charge in [-0.3, -0.25) is 4.90 Å². The Morgan fingerprint density at radius 2 is 2.00 bits per heavy atom. The Morgan fingerprint density at radius 1 is 1.19 bits per heavy atom. The van der Waals surface area contributed by atoms with Gasteiger partial charge in [0.15, 0.2) is 0 Å². The van der Waals surface area contributed by atoms with Crippen molar-refractivity contribution in [3.8, 4) is 5.69 Å². The number of hydrogen-bond acceptors (Lipinski definition) is 2. The molecule has 16 heavy (non-hydrogen) atoms. The van der Waals surface area contributed by atoms with Gasteiger partial charge in [0.05, 0.1) is 17.6 Å². The number of nitrogens with zero attached hydrogens (tertiary/aromatic N) is 3. The van der Waals surface area contributed by atoms with Crippen LogP contribution in [0.15, 0.2) is 36.5 Å². The summed E-state index contributed by atoms with van der Waals surface area (Å²) >= 11 is 0. The fraction of sp³-hybridized carbons (Fsp3) is 0.308. The molecule has 0 unspecified atom stereocenters. The second-order valence-electron chi connectivity index (χ2n) is 4.17. The van der Waals surface area contributed by atoms with E-state index >= 15 is 0 Å². The van der Waals surface area contributed by atoms with E-state index in [2.05, 4.69) is 45.9 Å². The summed E-state index contributed by atoms with van der Waals surface area (Å²) in [6.07, 6.45) is 2.00. The molecule has 2 heterocycles. The first kappa shape index (κ1) is 9.60. The lowest BCUT2D eigenvalue weighted by molar-refractivity contribution is 0.295. The van der Waals surface area contributed by atoms with E-state index in [1.807, 2.05) is 12.3 Å². The molecule has 82 valence electrons. The third-order valence-electron chi connectivity index (χ3n) is 3.17. The molecule has 3 rings (SSSR count). The zero-order chi connectivity index (χ0) is 11.0. The van der Waals surface area contributed by atoms with E-state index in [0.29, 0.717) is 0 Å². The van der Waals surface area contributed by atoms with E-state index in [-0.39, 0.29) is 0 Å². The molecule has 0 bridgehead atoms. The summed E-state index contributed by atoms with van der Waals surface area (Å²) in [5.41, 5.74) is 3.86. The Morgan fingerprint density at radius 3 is 2.75 bits per heavy atom. The fourth-order valence-electron chi connectivity index (χ4n) is 2.23. The topological polar surface area (TPSA) is 21.1 Å². The highest BCUT2D eigenvalue weighted by molar-refractivity contribution is 5.36. The van der Waals surface area contributed by atoms with Crippen molar-refractivity contribution < 1.29 is 0 Å². The smallest absolute Gasteiger partial charge is 0.0649 e. The summed E-state index contributed by atoms with van der Waals surface area (Å²) in [5, 5.41) is 4.47. The lowest BCUT2D eigenvalue weighted by Crippen LogP contribution is -2.16. The van der Waals surface area contributed by atoms with Gasteiger partial charge in [0.1, 0.15) is 0 Å². The van der Waals surface area contributed by atoms with Crippen LogP contribution in [0.3, 0.4) is 0 Å². The molecule has 3 nitrogen and oxygen atoms in total. The molecular formula is C13H15N3. The molecule has 1 aromatic carbocycles. The maximum absolute atomic E-state index is 4.47. The standard InChI is InChI=1S/C13H15N3/c1-2-15-9-11-8-14-16(13(11)10-15)12-6-4-3-5-7-12/h3-8H,2,9-10H2,1H3. The first-order chi connectivity index (χ1) is 7.88. The minimum atomic E-state index is 1.01. The van der Waals surface area contributed by atoms with E-state index < -0.39 is 0 Å². The molecule has 0 fully saturated rings. The molecule has 1 aliphatic rings. The summed E-state index contributed by atoms with van der Waals surface area (Å²) in [5.74, 6) is 0. The van der Waals surface area contributed by atoms with E-state index in [9.17, 15) is 0 Å². The fourth-order valence-corrected chi connectivity index (χ4v) is 2.23. The highest BCUT2D eigenvalue weighted by Gasteiger charge is 2.22. The van der Waals surface area contributed by atoms with Crippen molar-refractivity contribution in [1.82, 2.24) is 14.7 Å². The molecule has 0 amide bonds. The largest absolute Gasteiger partial charge is 0.293 e. The Labute approximate surface area is 95.3 Å². The second-order valence-corrected chi connectivity index (χ2v) is 4.17. The zero-order valence-corrected chi connectivity index (χ0v) is 9.43. The lowest BCUT2D eigenvalue weighted by atomic mass is 10.3. The molecule has 1 aromatic heterocycles. The van der Waals surface area contributed by atoms with Crippen molar-refractivity contribution in [1.29, 1.82) is 0 Å². The molecule has 1 aliphatic heterocycles. The zero-order valence-electron chi connectivity index (χ0n) is 9.43. The predicted octanol–water partition coefficient (Wildman–Crippen LogP) is 2.21. The monoisotopic (exact) mass is 213 g/mol. The Balaban J connectivity index is 2.00. The minimum absolute atomic E-state index is 1.01. The third kappa shape index (κ3) is 1.44. The number of hydrogen-bond donors (Lipinski definition) is 0. The van der Waals surface area contributed by atoms with Gasteiger partial charge in [0.25, 0.3) is 0 Å². The van der Waals surface area contributed by atoms with Crippen molar-refractivity contribution in [2.24, 2.45) is 0 Å². The average Bonchev–Trinajstić information content (AvgIpc) is 2.88. The van der Waals surface area contributed by atoms with Crippen LogP contribution in [-0.2, 0) is 13.1 Å². The van der Waals surface area contributed by atoms with Gasteiger partial charge in [0.2, 0.25) is 0 Å². The predicted molar refractivity (Wildman–Crippen MR) is 63.4 cm³/mol. The highest BCUT2D eigenvalue weighted by atomic mass is 15.3. The molecular weight excluding hydrogens is 198 g/mol. The molecule has 3 heteroatoms. The van der Waals surface area contributed by atoms with E-state index in [1.54, 1.807) is 0 Å². The van der Waals surface area contributed by atoms with Crippen LogP contribution < -0.4 is 0 Å². The summed E-state index contributed by atoms with van der Waals surface area (Å²) in [7, 11) is 0. The Bertz CT molecular complexity index is 487. The van der Waals surface area contributed by atoms with Gasteiger partial charge in [-0.15, -0.1) is 0 Å². The van der Waals surface area contributed by atoms with Crippen LogP contribution in [0.2, 0.25) is 0 Å². The van der Waals surface area contributed by atoms with Crippen LogP contribution in [0, 0.1) is 0 Å². The Hall–Kier alpha value is -1.61. The van der Waals surface area contributed by atoms with Gasteiger partial charge in [-0.25, -0.2) is 4.68 Å². The molecule has 0 saturated heterocycles. The maximum atomic E-state index is 4.47. The van der Waals surface area contributed by atoms with Crippen molar-refractivity contribution in [2.75, 3.05) is 6.54 Å². The lowest BCUT2D eigenvalue weighted by Gasteiger charge is -2.12. The summed E-state index contributed by atoms with van der Waals surface area (Å²) in [6.45, 7) is 5.36. The molecule has 0 spiro atoms. The summed E-state index contributed by atoms with van der Waals surface area (Å²) < 4.78 is 2.06. The van der Waals surface area contributed by atoms with Gasteiger partial charge in [-0.05, 0) is 18.7 Å². The van der Waals surface area contributed by atoms with Gasteiger partial charge in [0, 0.05) is 18.7 Å². The van der Waals surface area contributed by atoms with Crippen molar-refractivity contribution in [3.05, 3.63) is 47.8 Å². The van der Waals surface area contributed by atoms with Crippen LogP contribution >= 0.6 is 0 Å². The van der Waals surface area contributed by atoms with Crippen molar-refractivity contribution in [2.45, 2.75) is 20.0 Å². The van der Waals surface area contributed by atoms with Gasteiger partial charge >= 0.3 is 0 Å². The van der Waals surface area contributed by atoms with Crippen LogP contribution in [0.25, 0.3) is 5.69 Å². The number of aromatic nitrogens is 2. The van der Waals surface area contributed by atoms with E-state index in [1.165, 1.54) is 11.3 Å². The average molecular weight is 213 g/mol. The third-order valence-corrected chi connectivity index (χ3v) is 3.17. The van der Waals surface area contributed by atoms with Gasteiger partial charge < -0.3 is 0 Å². The number of para-hydroxylation sites is 1. The van der Waals surface area contributed by atoms with Gasteiger partial charge in [-0.1, -0.05) is 25.1 Å². The molecule has 2 aromatic rings.